The van der Waals surface area contributed by atoms with Crippen molar-refractivity contribution in [2.45, 2.75) is 77.4 Å². The molecule has 0 saturated carbocycles. The average Bonchev–Trinajstić information content (AvgIpc) is 3.15. The number of benzene rings is 1. The minimum Gasteiger partial charge on any atom is -0.444 e. The first-order valence-corrected chi connectivity index (χ1v) is 10.3. The largest absolute Gasteiger partial charge is 0.444 e. The Balaban J connectivity index is 1.74. The molecule has 2 fully saturated rings. The maximum atomic E-state index is 13.9. The van der Waals surface area contributed by atoms with Gasteiger partial charge in [-0.25, -0.2) is 9.18 Å². The molecule has 7 heteroatoms. The molecule has 6 nitrogen and oxygen atoms in total. The van der Waals surface area contributed by atoms with E-state index in [2.05, 4.69) is 0 Å². The van der Waals surface area contributed by atoms with E-state index >= 15 is 0 Å². The molecule has 0 radical (unpaired) electrons. The van der Waals surface area contributed by atoms with Crippen LogP contribution in [0.2, 0.25) is 0 Å². The van der Waals surface area contributed by atoms with Crippen molar-refractivity contribution in [2.24, 2.45) is 0 Å². The molecule has 0 N–H and O–H groups in total. The fourth-order valence-corrected chi connectivity index (χ4v) is 3.71. The molecule has 2 atom stereocenters. The Morgan fingerprint density at radius 2 is 2.00 bits per heavy atom. The van der Waals surface area contributed by atoms with Gasteiger partial charge in [-0.15, -0.1) is 0 Å². The second-order valence-electron chi connectivity index (χ2n) is 8.60. The van der Waals surface area contributed by atoms with Gasteiger partial charge < -0.3 is 14.2 Å². The van der Waals surface area contributed by atoms with E-state index < -0.39 is 23.6 Å². The molecule has 2 saturated heterocycles. The van der Waals surface area contributed by atoms with E-state index in [9.17, 15) is 14.0 Å². The summed E-state index contributed by atoms with van der Waals surface area (Å²) < 4.78 is 30.6. The second kappa shape index (κ2) is 9.22. The minimum absolute atomic E-state index is 0.0860. The number of ketones is 1. The molecule has 3 rings (SSSR count). The van der Waals surface area contributed by atoms with Crippen LogP contribution >= 0.6 is 0 Å². The van der Waals surface area contributed by atoms with Crippen molar-refractivity contribution >= 4 is 11.9 Å². The zero-order valence-electron chi connectivity index (χ0n) is 17.4. The van der Waals surface area contributed by atoms with Gasteiger partial charge in [0.15, 0.2) is 12.1 Å². The van der Waals surface area contributed by atoms with Gasteiger partial charge in [0.25, 0.3) is 0 Å². The molecule has 1 aromatic carbocycles. The molecule has 2 aliphatic rings. The first kappa shape index (κ1) is 21.7. The van der Waals surface area contributed by atoms with Crippen LogP contribution in [-0.2, 0) is 20.8 Å². The number of rotatable bonds is 5. The highest BCUT2D eigenvalue weighted by atomic mass is 19.1. The molecule has 1 amide bonds. The first-order chi connectivity index (χ1) is 13.7. The van der Waals surface area contributed by atoms with Gasteiger partial charge in [0.05, 0.1) is 12.6 Å². The minimum atomic E-state index is -0.637. The van der Waals surface area contributed by atoms with Crippen LogP contribution in [0.3, 0.4) is 0 Å². The van der Waals surface area contributed by atoms with Crippen molar-refractivity contribution in [3.8, 4) is 0 Å². The Morgan fingerprint density at radius 3 is 2.69 bits per heavy atom. The van der Waals surface area contributed by atoms with E-state index in [0.29, 0.717) is 30.7 Å². The summed E-state index contributed by atoms with van der Waals surface area (Å²) in [5.74, 6) is -0.642. The SMILES string of the molecule is CC(C)(C)OC(=O)N1CCC[C@@H]1C(=O)c1ccc(F)cc1COC1CCCCO1. The number of Topliss-reactive ketones (excluding diaryl/α,β-unsaturated/α-hetero) is 1. The Hall–Kier alpha value is -1.99. The third-order valence-corrected chi connectivity index (χ3v) is 5.08. The van der Waals surface area contributed by atoms with Crippen LogP contribution in [0.1, 0.15) is 68.8 Å². The van der Waals surface area contributed by atoms with Crippen LogP contribution in [0, 0.1) is 5.82 Å². The summed E-state index contributed by atoms with van der Waals surface area (Å²) in [5.41, 5.74) is 0.213. The number of amides is 1. The van der Waals surface area contributed by atoms with E-state index in [-0.39, 0.29) is 18.7 Å². The lowest BCUT2D eigenvalue weighted by molar-refractivity contribution is -0.169. The van der Waals surface area contributed by atoms with Gasteiger partial charge in [-0.1, -0.05) is 0 Å². The lowest BCUT2D eigenvalue weighted by Crippen LogP contribution is -2.43. The second-order valence-corrected chi connectivity index (χ2v) is 8.60. The van der Waals surface area contributed by atoms with Gasteiger partial charge in [0, 0.05) is 18.7 Å². The van der Waals surface area contributed by atoms with Crippen molar-refractivity contribution in [3.63, 3.8) is 0 Å². The fourth-order valence-electron chi connectivity index (χ4n) is 3.71. The number of carbonyl (C=O) groups is 2. The molecule has 1 aromatic rings. The van der Waals surface area contributed by atoms with Gasteiger partial charge >= 0.3 is 6.09 Å². The molecular formula is C22H30FNO5. The van der Waals surface area contributed by atoms with Crippen molar-refractivity contribution in [3.05, 3.63) is 35.1 Å². The van der Waals surface area contributed by atoms with Crippen LogP contribution in [0.5, 0.6) is 0 Å². The van der Waals surface area contributed by atoms with Crippen LogP contribution < -0.4 is 0 Å². The molecule has 0 spiro atoms. The van der Waals surface area contributed by atoms with Crippen molar-refractivity contribution < 1.29 is 28.2 Å². The summed E-state index contributed by atoms with van der Waals surface area (Å²) in [5, 5.41) is 0. The Bertz CT molecular complexity index is 739. The number of carbonyl (C=O) groups excluding carboxylic acids is 2. The maximum absolute atomic E-state index is 13.9. The highest BCUT2D eigenvalue weighted by Gasteiger charge is 2.37. The van der Waals surface area contributed by atoms with Gasteiger partial charge in [-0.3, -0.25) is 9.69 Å². The molecular weight excluding hydrogens is 377 g/mol. The summed E-state index contributed by atoms with van der Waals surface area (Å²) in [4.78, 5) is 27.3. The van der Waals surface area contributed by atoms with Gasteiger partial charge in [-0.2, -0.15) is 0 Å². The normalized spacial score (nSPS) is 22.6. The smallest absolute Gasteiger partial charge is 0.410 e. The standard InChI is InChI=1S/C22H30FNO5/c1-22(2,3)29-21(26)24-11-6-7-18(24)20(25)17-10-9-16(23)13-15(17)14-28-19-8-4-5-12-27-19/h9-10,13,18-19H,4-8,11-12,14H2,1-3H3/t18-,19?/m1/s1. The van der Waals surface area contributed by atoms with Crippen molar-refractivity contribution in [1.29, 1.82) is 0 Å². The highest BCUT2D eigenvalue weighted by molar-refractivity contribution is 6.02. The maximum Gasteiger partial charge on any atom is 0.410 e. The van der Waals surface area contributed by atoms with Crippen LogP contribution in [0.15, 0.2) is 18.2 Å². The van der Waals surface area contributed by atoms with Crippen LogP contribution in [0.4, 0.5) is 9.18 Å². The number of likely N-dealkylation sites (tertiary alicyclic amines) is 1. The number of nitrogens with zero attached hydrogens (tertiary/aromatic N) is 1. The quantitative estimate of drug-likeness (QED) is 0.675. The van der Waals surface area contributed by atoms with Crippen LogP contribution in [0.25, 0.3) is 0 Å². The fraction of sp³-hybridized carbons (Fsp3) is 0.636. The summed E-state index contributed by atoms with van der Waals surface area (Å²) >= 11 is 0. The van der Waals surface area contributed by atoms with Gasteiger partial charge in [-0.05, 0) is 76.6 Å². The number of ether oxygens (including phenoxy) is 3. The summed E-state index contributed by atoms with van der Waals surface area (Å²) in [7, 11) is 0. The van der Waals surface area contributed by atoms with Crippen LogP contribution in [-0.4, -0.2) is 47.9 Å². The highest BCUT2D eigenvalue weighted by Crippen LogP contribution is 2.26. The molecule has 2 heterocycles. The van der Waals surface area contributed by atoms with Gasteiger partial charge in [0.1, 0.15) is 11.4 Å². The summed E-state index contributed by atoms with van der Waals surface area (Å²) in [6, 6.07) is 3.45. The van der Waals surface area contributed by atoms with E-state index in [1.807, 2.05) is 0 Å². The van der Waals surface area contributed by atoms with Gasteiger partial charge in [0.2, 0.25) is 0 Å². The molecule has 2 aliphatic heterocycles. The molecule has 160 valence electrons. The first-order valence-electron chi connectivity index (χ1n) is 10.3. The molecule has 1 unspecified atom stereocenters. The predicted octanol–water partition coefficient (Wildman–Crippen LogP) is 4.45. The third kappa shape index (κ3) is 5.76. The molecule has 0 aliphatic carbocycles. The van der Waals surface area contributed by atoms with E-state index in [4.69, 9.17) is 14.2 Å². The molecule has 0 aromatic heterocycles. The zero-order chi connectivity index (χ0) is 21.0. The summed E-state index contributed by atoms with van der Waals surface area (Å²) in [6.45, 7) is 6.57. The summed E-state index contributed by atoms with van der Waals surface area (Å²) in [6.07, 6.45) is 3.26. The predicted molar refractivity (Wildman–Crippen MR) is 105 cm³/mol. The average molecular weight is 407 g/mol. The number of halogens is 1. The number of hydrogen-bond donors (Lipinski definition) is 0. The molecule has 29 heavy (non-hydrogen) atoms. The Morgan fingerprint density at radius 1 is 1.21 bits per heavy atom. The Labute approximate surface area is 171 Å². The van der Waals surface area contributed by atoms with E-state index in [1.165, 1.54) is 23.1 Å². The van der Waals surface area contributed by atoms with E-state index in [1.54, 1.807) is 20.8 Å². The lowest BCUT2D eigenvalue weighted by Gasteiger charge is -2.28. The zero-order valence-corrected chi connectivity index (χ0v) is 17.4. The third-order valence-electron chi connectivity index (χ3n) is 5.08. The van der Waals surface area contributed by atoms with Crippen molar-refractivity contribution in [1.82, 2.24) is 4.90 Å². The van der Waals surface area contributed by atoms with E-state index in [0.717, 1.165) is 25.7 Å². The topological polar surface area (TPSA) is 65.1 Å². The molecule has 0 bridgehead atoms. The van der Waals surface area contributed by atoms with Crippen molar-refractivity contribution in [2.75, 3.05) is 13.2 Å². The monoisotopic (exact) mass is 407 g/mol. The lowest BCUT2D eigenvalue weighted by atomic mass is 9.97. The Kier molecular flexibility index (Phi) is 6.90. The number of hydrogen-bond acceptors (Lipinski definition) is 5.